The molecule has 5 heteroatoms. The van der Waals surface area contributed by atoms with Crippen LogP contribution in [0.15, 0.2) is 54.6 Å². The second-order valence-corrected chi connectivity index (χ2v) is 6.95. The molecule has 2 aromatic carbocycles. The van der Waals surface area contributed by atoms with E-state index >= 15 is 0 Å². The van der Waals surface area contributed by atoms with Gasteiger partial charge in [-0.15, -0.1) is 0 Å². The van der Waals surface area contributed by atoms with Crippen LogP contribution in [0.4, 0.5) is 0 Å². The zero-order valence-electron chi connectivity index (χ0n) is 15.3. The Balaban J connectivity index is 1.84. The van der Waals surface area contributed by atoms with Crippen LogP contribution in [0.1, 0.15) is 35.2 Å². The fourth-order valence-corrected chi connectivity index (χ4v) is 3.76. The van der Waals surface area contributed by atoms with Gasteiger partial charge in [-0.25, -0.2) is 0 Å². The van der Waals surface area contributed by atoms with Crippen molar-refractivity contribution in [1.29, 1.82) is 0 Å². The molecule has 2 aromatic rings. The monoisotopic (exact) mass is 365 g/mol. The van der Waals surface area contributed by atoms with E-state index in [0.717, 1.165) is 11.8 Å². The molecule has 3 rings (SSSR count). The van der Waals surface area contributed by atoms with E-state index in [1.165, 1.54) is 7.11 Å². The van der Waals surface area contributed by atoms with Gasteiger partial charge in [-0.05, 0) is 30.5 Å². The summed E-state index contributed by atoms with van der Waals surface area (Å²) in [5.74, 6) is -0.337. The Morgan fingerprint density at radius 1 is 1.19 bits per heavy atom. The summed E-state index contributed by atoms with van der Waals surface area (Å²) < 4.78 is 5.26. The number of para-hydroxylation sites is 1. The maximum absolute atomic E-state index is 12.7. The van der Waals surface area contributed by atoms with Gasteiger partial charge in [0.15, 0.2) is 0 Å². The summed E-state index contributed by atoms with van der Waals surface area (Å²) in [6.07, 6.45) is 2.15. The Kier molecular flexibility index (Phi) is 5.69. The topological polar surface area (TPSA) is 72.5 Å². The lowest BCUT2D eigenvalue weighted by molar-refractivity contribution is -0.130. The molecule has 0 heterocycles. The van der Waals surface area contributed by atoms with Crippen LogP contribution in [0.2, 0.25) is 0 Å². The van der Waals surface area contributed by atoms with E-state index in [1.54, 1.807) is 24.3 Å². The van der Waals surface area contributed by atoms with Crippen LogP contribution < -0.4 is 10.1 Å². The first-order chi connectivity index (χ1) is 13.1. The average molecular weight is 365 g/mol. The number of amides is 1. The number of benzene rings is 2. The highest BCUT2D eigenvalue weighted by Gasteiger charge is 2.41. The van der Waals surface area contributed by atoms with Gasteiger partial charge in [0, 0.05) is 18.4 Å². The lowest BCUT2D eigenvalue weighted by atomic mass is 9.66. The van der Waals surface area contributed by atoms with Gasteiger partial charge in [0.1, 0.15) is 17.8 Å². The molecular formula is C22H23NO4. The molecule has 1 aliphatic rings. The Hall–Kier alpha value is -2.95. The number of nitrogens with one attached hydrogen (secondary N) is 1. The highest BCUT2D eigenvalue weighted by Crippen LogP contribution is 2.39. The normalized spacial score (nSPS) is 22.1. The van der Waals surface area contributed by atoms with Crippen molar-refractivity contribution in [3.63, 3.8) is 0 Å². The third-order valence-corrected chi connectivity index (χ3v) is 5.35. The molecule has 2 atom stereocenters. The SMILES string of the molecule is COc1ccccc1C(=O)NCC1(c2ccccc2)CCC(C=O)C(=O)C1. The molecule has 1 N–H and O–H groups in total. The van der Waals surface area contributed by atoms with E-state index in [2.05, 4.69) is 5.32 Å². The van der Waals surface area contributed by atoms with Gasteiger partial charge in [0.2, 0.25) is 0 Å². The number of carbonyl (C=O) groups excluding carboxylic acids is 3. The minimum absolute atomic E-state index is 0.0633. The van der Waals surface area contributed by atoms with Crippen LogP contribution in [0.5, 0.6) is 5.75 Å². The largest absolute Gasteiger partial charge is 0.496 e. The quantitative estimate of drug-likeness (QED) is 0.631. The van der Waals surface area contributed by atoms with Crippen molar-refractivity contribution in [3.8, 4) is 5.75 Å². The van der Waals surface area contributed by atoms with Gasteiger partial charge >= 0.3 is 0 Å². The molecule has 0 saturated heterocycles. The summed E-state index contributed by atoms with van der Waals surface area (Å²) >= 11 is 0. The van der Waals surface area contributed by atoms with Crippen molar-refractivity contribution in [2.24, 2.45) is 5.92 Å². The van der Waals surface area contributed by atoms with Crippen molar-refractivity contribution < 1.29 is 19.1 Å². The molecular weight excluding hydrogens is 342 g/mol. The number of methoxy groups -OCH3 is 1. The molecule has 0 aromatic heterocycles. The third kappa shape index (κ3) is 3.92. The predicted molar refractivity (Wildman–Crippen MR) is 102 cm³/mol. The number of Topliss-reactive ketones (excluding diaryl/α,β-unsaturated/α-hetero) is 1. The Bertz CT molecular complexity index is 833. The van der Waals surface area contributed by atoms with Crippen LogP contribution in [-0.2, 0) is 15.0 Å². The number of carbonyl (C=O) groups is 3. The molecule has 2 unspecified atom stereocenters. The van der Waals surface area contributed by atoms with Crippen molar-refractivity contribution in [2.75, 3.05) is 13.7 Å². The lowest BCUT2D eigenvalue weighted by Gasteiger charge is -2.39. The molecule has 1 saturated carbocycles. The first-order valence-electron chi connectivity index (χ1n) is 9.04. The maximum atomic E-state index is 12.7. The zero-order valence-corrected chi connectivity index (χ0v) is 15.3. The molecule has 0 spiro atoms. The molecule has 140 valence electrons. The van der Waals surface area contributed by atoms with Crippen molar-refractivity contribution in [1.82, 2.24) is 5.32 Å². The van der Waals surface area contributed by atoms with Gasteiger partial charge in [0.25, 0.3) is 5.91 Å². The zero-order chi connectivity index (χ0) is 19.3. The van der Waals surface area contributed by atoms with Crippen LogP contribution >= 0.6 is 0 Å². The van der Waals surface area contributed by atoms with E-state index in [0.29, 0.717) is 30.7 Å². The summed E-state index contributed by atoms with van der Waals surface area (Å²) in [7, 11) is 1.52. The second kappa shape index (κ2) is 8.16. The Morgan fingerprint density at radius 3 is 2.56 bits per heavy atom. The van der Waals surface area contributed by atoms with Crippen LogP contribution in [0.25, 0.3) is 0 Å². The van der Waals surface area contributed by atoms with E-state index < -0.39 is 11.3 Å². The fourth-order valence-electron chi connectivity index (χ4n) is 3.76. The van der Waals surface area contributed by atoms with Gasteiger partial charge in [-0.2, -0.15) is 0 Å². The smallest absolute Gasteiger partial charge is 0.255 e. The predicted octanol–water partition coefficient (Wildman–Crippen LogP) is 2.93. The number of ether oxygens (including phenoxy) is 1. The molecule has 0 bridgehead atoms. The lowest BCUT2D eigenvalue weighted by Crippen LogP contribution is -2.46. The van der Waals surface area contributed by atoms with Crippen LogP contribution in [0, 0.1) is 5.92 Å². The van der Waals surface area contributed by atoms with Crippen molar-refractivity contribution >= 4 is 18.0 Å². The van der Waals surface area contributed by atoms with Crippen LogP contribution in [0.3, 0.4) is 0 Å². The molecule has 0 aliphatic heterocycles. The number of hydrogen-bond donors (Lipinski definition) is 1. The molecule has 1 amide bonds. The first kappa shape index (κ1) is 18.8. The summed E-state index contributed by atoms with van der Waals surface area (Å²) in [5, 5.41) is 2.98. The molecule has 0 radical (unpaired) electrons. The van der Waals surface area contributed by atoms with Crippen molar-refractivity contribution in [3.05, 3.63) is 65.7 Å². The molecule has 1 aliphatic carbocycles. The number of rotatable bonds is 6. The van der Waals surface area contributed by atoms with E-state index in [9.17, 15) is 14.4 Å². The van der Waals surface area contributed by atoms with Gasteiger partial charge in [-0.1, -0.05) is 42.5 Å². The number of aldehydes is 1. The minimum atomic E-state index is -0.535. The second-order valence-electron chi connectivity index (χ2n) is 6.95. The van der Waals surface area contributed by atoms with Gasteiger partial charge in [0.05, 0.1) is 18.6 Å². The van der Waals surface area contributed by atoms with Gasteiger partial charge < -0.3 is 14.8 Å². The number of hydrogen-bond acceptors (Lipinski definition) is 4. The summed E-state index contributed by atoms with van der Waals surface area (Å²) in [6, 6.07) is 16.8. The molecule has 5 nitrogen and oxygen atoms in total. The van der Waals surface area contributed by atoms with E-state index in [1.807, 2.05) is 30.3 Å². The Labute approximate surface area is 158 Å². The Morgan fingerprint density at radius 2 is 1.89 bits per heavy atom. The average Bonchev–Trinajstić information content (AvgIpc) is 2.72. The summed E-state index contributed by atoms with van der Waals surface area (Å²) in [5.41, 5.74) is 0.953. The summed E-state index contributed by atoms with van der Waals surface area (Å²) in [6.45, 7) is 0.325. The first-order valence-corrected chi connectivity index (χ1v) is 9.04. The molecule has 1 fully saturated rings. The minimum Gasteiger partial charge on any atom is -0.496 e. The third-order valence-electron chi connectivity index (χ3n) is 5.35. The summed E-state index contributed by atoms with van der Waals surface area (Å²) in [4.78, 5) is 36.3. The van der Waals surface area contributed by atoms with E-state index in [-0.39, 0.29) is 18.1 Å². The van der Waals surface area contributed by atoms with Gasteiger partial charge in [-0.3, -0.25) is 9.59 Å². The standard InChI is InChI=1S/C22H23NO4/c1-27-20-10-6-5-9-18(20)21(26)23-15-22(17-7-3-2-4-8-17)12-11-16(14-24)19(25)13-22/h2-10,14,16H,11-13,15H2,1H3,(H,23,26). The number of ketones is 1. The van der Waals surface area contributed by atoms with Crippen LogP contribution in [-0.4, -0.2) is 31.6 Å². The molecule has 27 heavy (non-hydrogen) atoms. The van der Waals surface area contributed by atoms with E-state index in [4.69, 9.17) is 4.74 Å². The van der Waals surface area contributed by atoms with Crippen molar-refractivity contribution in [2.45, 2.75) is 24.7 Å². The fraction of sp³-hybridized carbons (Fsp3) is 0.318. The highest BCUT2D eigenvalue weighted by atomic mass is 16.5. The maximum Gasteiger partial charge on any atom is 0.255 e. The highest BCUT2D eigenvalue weighted by molar-refractivity contribution is 5.97.